The number of anilines is 1. The zero-order valence-electron chi connectivity index (χ0n) is 15.5. The maximum Gasteiger partial charge on any atom is 0.257 e. The quantitative estimate of drug-likeness (QED) is 0.694. The summed E-state index contributed by atoms with van der Waals surface area (Å²) in [5, 5.41) is 8.09. The monoisotopic (exact) mass is 379 g/mol. The molecule has 0 spiro atoms. The molecular weight excluding hydrogens is 358 g/mol. The standard InChI is InChI=1S/C21H21N3O2S/c1-13-4-9-18(14(2)10-13)19-12-27-21(23-19)24-20(26)17-7-5-16(6-8-17)11-22-15(3)25/h4-10,12H,11H2,1-3H3,(H,22,25)(H,23,24,26). The number of aromatic nitrogens is 1. The summed E-state index contributed by atoms with van der Waals surface area (Å²) < 4.78 is 0. The summed E-state index contributed by atoms with van der Waals surface area (Å²) in [6.07, 6.45) is 0. The summed E-state index contributed by atoms with van der Waals surface area (Å²) in [4.78, 5) is 27.9. The largest absolute Gasteiger partial charge is 0.352 e. The van der Waals surface area contributed by atoms with Gasteiger partial charge in [-0.3, -0.25) is 14.9 Å². The Bertz CT molecular complexity index is 977. The topological polar surface area (TPSA) is 71.1 Å². The Morgan fingerprint density at radius 2 is 1.81 bits per heavy atom. The second-order valence-electron chi connectivity index (χ2n) is 6.42. The highest BCUT2D eigenvalue weighted by Crippen LogP contribution is 2.28. The van der Waals surface area contributed by atoms with Crippen LogP contribution in [0.5, 0.6) is 0 Å². The van der Waals surface area contributed by atoms with Gasteiger partial charge in [0.15, 0.2) is 5.13 Å². The van der Waals surface area contributed by atoms with Gasteiger partial charge in [-0.2, -0.15) is 0 Å². The summed E-state index contributed by atoms with van der Waals surface area (Å²) in [5.41, 5.74) is 5.78. The number of aryl methyl sites for hydroxylation is 2. The first-order valence-corrected chi connectivity index (χ1v) is 9.48. The Labute approximate surface area is 162 Å². The average Bonchev–Trinajstić information content (AvgIpc) is 3.08. The number of hydrogen-bond acceptors (Lipinski definition) is 4. The van der Waals surface area contributed by atoms with Gasteiger partial charge >= 0.3 is 0 Å². The molecule has 0 unspecified atom stereocenters. The number of thiazole rings is 1. The van der Waals surface area contributed by atoms with Gasteiger partial charge in [0.05, 0.1) is 5.69 Å². The molecule has 0 saturated carbocycles. The molecule has 0 radical (unpaired) electrons. The smallest absolute Gasteiger partial charge is 0.257 e. The van der Waals surface area contributed by atoms with Crippen molar-refractivity contribution in [2.24, 2.45) is 0 Å². The van der Waals surface area contributed by atoms with Crippen LogP contribution in [0, 0.1) is 13.8 Å². The Balaban J connectivity index is 1.68. The van der Waals surface area contributed by atoms with Crippen LogP contribution in [0.4, 0.5) is 5.13 Å². The molecule has 3 aromatic rings. The van der Waals surface area contributed by atoms with Gasteiger partial charge in [0.1, 0.15) is 0 Å². The molecule has 0 aliphatic rings. The highest BCUT2D eigenvalue weighted by atomic mass is 32.1. The minimum atomic E-state index is -0.206. The Morgan fingerprint density at radius 3 is 2.48 bits per heavy atom. The van der Waals surface area contributed by atoms with Crippen molar-refractivity contribution in [2.75, 3.05) is 5.32 Å². The number of nitrogens with one attached hydrogen (secondary N) is 2. The highest BCUT2D eigenvalue weighted by Gasteiger charge is 2.11. The highest BCUT2D eigenvalue weighted by molar-refractivity contribution is 7.14. The Hall–Kier alpha value is -2.99. The molecule has 0 aliphatic heterocycles. The van der Waals surface area contributed by atoms with Crippen molar-refractivity contribution < 1.29 is 9.59 Å². The molecule has 0 fully saturated rings. The zero-order chi connectivity index (χ0) is 19.4. The lowest BCUT2D eigenvalue weighted by Gasteiger charge is -2.05. The number of amides is 2. The van der Waals surface area contributed by atoms with Crippen LogP contribution in [0.1, 0.15) is 34.0 Å². The molecule has 2 amide bonds. The van der Waals surface area contributed by atoms with Crippen LogP contribution in [0.2, 0.25) is 0 Å². The minimum Gasteiger partial charge on any atom is -0.352 e. The normalized spacial score (nSPS) is 10.5. The lowest BCUT2D eigenvalue weighted by Crippen LogP contribution is -2.19. The maximum absolute atomic E-state index is 12.4. The maximum atomic E-state index is 12.4. The number of carbonyl (C=O) groups is 2. The van der Waals surface area contributed by atoms with Crippen LogP contribution < -0.4 is 10.6 Å². The molecule has 3 rings (SSSR count). The van der Waals surface area contributed by atoms with E-state index < -0.39 is 0 Å². The number of benzene rings is 2. The molecule has 0 saturated heterocycles. The van der Waals surface area contributed by atoms with Crippen LogP contribution in [0.3, 0.4) is 0 Å². The van der Waals surface area contributed by atoms with Gasteiger partial charge < -0.3 is 5.32 Å². The molecule has 2 N–H and O–H groups in total. The third-order valence-corrected chi connectivity index (χ3v) is 4.90. The first-order chi connectivity index (χ1) is 12.9. The second-order valence-corrected chi connectivity index (χ2v) is 7.28. The van der Waals surface area contributed by atoms with E-state index >= 15 is 0 Å². The third-order valence-electron chi connectivity index (χ3n) is 4.14. The fourth-order valence-electron chi connectivity index (χ4n) is 2.73. The fourth-order valence-corrected chi connectivity index (χ4v) is 3.43. The van der Waals surface area contributed by atoms with Gasteiger partial charge in [0.25, 0.3) is 5.91 Å². The van der Waals surface area contributed by atoms with Gasteiger partial charge in [0, 0.05) is 30.0 Å². The molecule has 1 aromatic heterocycles. The van der Waals surface area contributed by atoms with Crippen molar-refractivity contribution >= 4 is 28.3 Å². The average molecular weight is 379 g/mol. The molecule has 138 valence electrons. The first-order valence-electron chi connectivity index (χ1n) is 8.60. The lowest BCUT2D eigenvalue weighted by atomic mass is 10.0. The summed E-state index contributed by atoms with van der Waals surface area (Å²) in [6.45, 7) is 6.04. The predicted octanol–water partition coefficient (Wildman–Crippen LogP) is 4.32. The molecule has 0 bridgehead atoms. The van der Waals surface area contributed by atoms with Crippen molar-refractivity contribution in [3.8, 4) is 11.3 Å². The van der Waals surface area contributed by atoms with Crippen molar-refractivity contribution in [3.63, 3.8) is 0 Å². The molecule has 6 heteroatoms. The van der Waals surface area contributed by atoms with E-state index in [-0.39, 0.29) is 11.8 Å². The number of nitrogens with zero attached hydrogens (tertiary/aromatic N) is 1. The lowest BCUT2D eigenvalue weighted by molar-refractivity contribution is -0.119. The number of carbonyl (C=O) groups excluding carboxylic acids is 2. The van der Waals surface area contributed by atoms with Gasteiger partial charge in [-0.15, -0.1) is 11.3 Å². The second kappa shape index (κ2) is 8.14. The SMILES string of the molecule is CC(=O)NCc1ccc(C(=O)Nc2nc(-c3ccc(C)cc3C)cs2)cc1. The predicted molar refractivity (Wildman–Crippen MR) is 109 cm³/mol. The summed E-state index contributed by atoms with van der Waals surface area (Å²) >= 11 is 1.40. The molecule has 2 aromatic carbocycles. The number of hydrogen-bond donors (Lipinski definition) is 2. The van der Waals surface area contributed by atoms with E-state index in [0.29, 0.717) is 17.2 Å². The Kier molecular flexibility index (Phi) is 5.66. The molecule has 0 atom stereocenters. The van der Waals surface area contributed by atoms with Gasteiger partial charge in [0.2, 0.25) is 5.91 Å². The summed E-state index contributed by atoms with van der Waals surface area (Å²) in [7, 11) is 0. The van der Waals surface area contributed by atoms with E-state index in [1.54, 1.807) is 12.1 Å². The van der Waals surface area contributed by atoms with E-state index in [9.17, 15) is 9.59 Å². The Morgan fingerprint density at radius 1 is 1.07 bits per heavy atom. The van der Waals surface area contributed by atoms with Crippen molar-refractivity contribution in [3.05, 3.63) is 70.1 Å². The van der Waals surface area contributed by atoms with Crippen molar-refractivity contribution in [1.82, 2.24) is 10.3 Å². The third kappa shape index (κ3) is 4.80. The summed E-state index contributed by atoms with van der Waals surface area (Å²) in [6, 6.07) is 13.4. The first kappa shape index (κ1) is 18.8. The zero-order valence-corrected chi connectivity index (χ0v) is 16.3. The van der Waals surface area contributed by atoms with Crippen molar-refractivity contribution in [1.29, 1.82) is 0 Å². The molecule has 5 nitrogen and oxygen atoms in total. The van der Waals surface area contributed by atoms with Crippen LogP contribution in [0.25, 0.3) is 11.3 Å². The molecule has 1 heterocycles. The van der Waals surface area contributed by atoms with Crippen LogP contribution in [-0.4, -0.2) is 16.8 Å². The molecule has 0 aliphatic carbocycles. The van der Waals surface area contributed by atoms with Gasteiger partial charge in [-0.1, -0.05) is 35.9 Å². The number of rotatable bonds is 5. The van der Waals surface area contributed by atoms with E-state index in [1.165, 1.54) is 23.8 Å². The molecule has 27 heavy (non-hydrogen) atoms. The molecular formula is C21H21N3O2S. The van der Waals surface area contributed by atoms with E-state index in [4.69, 9.17) is 0 Å². The fraction of sp³-hybridized carbons (Fsp3) is 0.190. The van der Waals surface area contributed by atoms with E-state index in [2.05, 4.69) is 47.7 Å². The van der Waals surface area contributed by atoms with Gasteiger partial charge in [-0.05, 0) is 37.1 Å². The van der Waals surface area contributed by atoms with Crippen molar-refractivity contribution in [2.45, 2.75) is 27.3 Å². The summed E-state index contributed by atoms with van der Waals surface area (Å²) in [5.74, 6) is -0.289. The van der Waals surface area contributed by atoms with E-state index in [0.717, 1.165) is 22.4 Å². The van der Waals surface area contributed by atoms with Gasteiger partial charge in [-0.25, -0.2) is 4.98 Å². The van der Waals surface area contributed by atoms with E-state index in [1.807, 2.05) is 17.5 Å². The minimum absolute atomic E-state index is 0.0831. The van der Waals surface area contributed by atoms with Crippen LogP contribution in [0.15, 0.2) is 47.8 Å². The van der Waals surface area contributed by atoms with Crippen LogP contribution in [-0.2, 0) is 11.3 Å². The van der Waals surface area contributed by atoms with Crippen LogP contribution >= 0.6 is 11.3 Å².